The summed E-state index contributed by atoms with van der Waals surface area (Å²) in [6.45, 7) is 5.67. The molecule has 2 N–H and O–H groups in total. The first-order valence-corrected chi connectivity index (χ1v) is 8.55. The molecule has 1 aliphatic rings. The maximum atomic E-state index is 13.3. The minimum Gasteiger partial charge on any atom is -0.465 e. The van der Waals surface area contributed by atoms with Crippen molar-refractivity contribution in [2.75, 3.05) is 6.61 Å². The summed E-state index contributed by atoms with van der Waals surface area (Å²) in [7, 11) is -3.29. The Balaban J connectivity index is 2.33. The molecule has 0 spiro atoms. The molecule has 0 aromatic carbocycles. The van der Waals surface area contributed by atoms with Crippen LogP contribution in [0.25, 0.3) is 0 Å². The Labute approximate surface area is 123 Å². The van der Waals surface area contributed by atoms with Gasteiger partial charge >= 0.3 is 6.09 Å². The zero-order valence-corrected chi connectivity index (χ0v) is 12.8. The maximum absolute atomic E-state index is 13.3. The lowest BCUT2D eigenvalue weighted by Crippen LogP contribution is -2.38. The molecule has 1 aliphatic carbocycles. The number of pyridine rings is 1. The van der Waals surface area contributed by atoms with Crippen molar-refractivity contribution >= 4 is 13.5 Å². The van der Waals surface area contributed by atoms with Crippen molar-refractivity contribution in [3.05, 3.63) is 42.7 Å². The van der Waals surface area contributed by atoms with Gasteiger partial charge in [-0.15, -0.1) is 6.58 Å². The number of nitrogens with one attached hydrogen (secondary N) is 1. The number of aromatic nitrogens is 1. The van der Waals surface area contributed by atoms with Crippen molar-refractivity contribution in [1.29, 1.82) is 0 Å². The van der Waals surface area contributed by atoms with Crippen molar-refractivity contribution in [2.45, 2.75) is 24.8 Å². The molecule has 21 heavy (non-hydrogen) atoms. The Hall–Kier alpha value is -1.65. The number of hydrogen-bond donors (Lipinski definition) is 2. The first kappa shape index (κ1) is 15.7. The molecule has 1 amide bonds. The molecular weight excluding hydrogens is 291 g/mol. The van der Waals surface area contributed by atoms with Crippen LogP contribution in [-0.2, 0) is 15.3 Å². The van der Waals surface area contributed by atoms with Gasteiger partial charge < -0.3 is 14.9 Å². The van der Waals surface area contributed by atoms with E-state index < -0.39 is 18.7 Å². The highest BCUT2D eigenvalue weighted by Gasteiger charge is 2.66. The van der Waals surface area contributed by atoms with Crippen LogP contribution in [-0.4, -0.2) is 28.1 Å². The van der Waals surface area contributed by atoms with E-state index in [1.54, 1.807) is 37.4 Å². The third-order valence-electron chi connectivity index (χ3n) is 3.63. The molecule has 1 heterocycles. The Kier molecular flexibility index (Phi) is 4.49. The van der Waals surface area contributed by atoms with Gasteiger partial charge in [0.2, 0.25) is 7.37 Å². The molecule has 6 nitrogen and oxygen atoms in total. The van der Waals surface area contributed by atoms with E-state index in [1.807, 2.05) is 0 Å². The van der Waals surface area contributed by atoms with Gasteiger partial charge in [-0.1, -0.05) is 12.1 Å². The highest BCUT2D eigenvalue weighted by molar-refractivity contribution is 7.60. The Bertz CT molecular complexity index is 578. The van der Waals surface area contributed by atoms with Crippen molar-refractivity contribution in [2.24, 2.45) is 5.92 Å². The highest BCUT2D eigenvalue weighted by atomic mass is 31.2. The lowest BCUT2D eigenvalue weighted by Gasteiger charge is -2.28. The van der Waals surface area contributed by atoms with Gasteiger partial charge in [-0.3, -0.25) is 9.55 Å². The summed E-state index contributed by atoms with van der Waals surface area (Å²) < 4.78 is 18.9. The van der Waals surface area contributed by atoms with Gasteiger partial charge in [-0.25, -0.2) is 4.79 Å². The predicted molar refractivity (Wildman–Crippen MR) is 79.4 cm³/mol. The molecule has 0 saturated heterocycles. The van der Waals surface area contributed by atoms with Crippen LogP contribution in [0.2, 0.25) is 0 Å². The first-order chi connectivity index (χ1) is 9.97. The molecule has 1 unspecified atom stereocenters. The third kappa shape index (κ3) is 3.01. The molecule has 7 heteroatoms. The van der Waals surface area contributed by atoms with Gasteiger partial charge in [-0.2, -0.15) is 0 Å². The minimum atomic E-state index is -3.29. The van der Waals surface area contributed by atoms with E-state index in [1.165, 1.54) is 0 Å². The Morgan fingerprint density at radius 3 is 2.95 bits per heavy atom. The van der Waals surface area contributed by atoms with E-state index in [0.717, 1.165) is 0 Å². The summed E-state index contributed by atoms with van der Waals surface area (Å²) in [5, 5.41) is 10.4. The van der Waals surface area contributed by atoms with Gasteiger partial charge in [0, 0.05) is 12.1 Å². The van der Waals surface area contributed by atoms with Crippen LogP contribution in [0.4, 0.5) is 4.79 Å². The Morgan fingerprint density at radius 2 is 2.48 bits per heavy atom. The molecule has 114 valence electrons. The largest absolute Gasteiger partial charge is 0.465 e. The lowest BCUT2D eigenvalue weighted by molar-refractivity contribution is 0.189. The molecule has 3 atom stereocenters. The topological polar surface area (TPSA) is 88.5 Å². The number of rotatable bonds is 7. The van der Waals surface area contributed by atoms with E-state index >= 15 is 0 Å². The van der Waals surface area contributed by atoms with Crippen molar-refractivity contribution < 1.29 is 19.0 Å². The van der Waals surface area contributed by atoms with E-state index in [2.05, 4.69) is 16.9 Å². The molecule has 0 aliphatic heterocycles. The van der Waals surface area contributed by atoms with Crippen LogP contribution >= 0.6 is 7.37 Å². The molecule has 0 radical (unpaired) electrons. The summed E-state index contributed by atoms with van der Waals surface area (Å²) in [4.78, 5) is 15.2. The smallest absolute Gasteiger partial charge is 0.405 e. The van der Waals surface area contributed by atoms with Gasteiger partial charge in [0.25, 0.3) is 0 Å². The molecule has 1 aromatic heterocycles. The van der Waals surface area contributed by atoms with Crippen LogP contribution in [0, 0.1) is 5.92 Å². The second-order valence-corrected chi connectivity index (χ2v) is 7.69. The van der Waals surface area contributed by atoms with E-state index in [4.69, 9.17) is 9.63 Å². The standard InChI is InChI=1S/C14H19N2O4P/c1-3-11-9-14(11,16-13(17)18)21(19,20-4-2)10-12-7-5-6-8-15-12/h3,5-8,11,16H,1,4,9-10H2,2H3,(H,17,18)/t11-,14+,21?/m1/s1. The van der Waals surface area contributed by atoms with Crippen LogP contribution in [0.15, 0.2) is 37.1 Å². The number of carboxylic acid groups (broad SMARTS) is 1. The van der Waals surface area contributed by atoms with Crippen LogP contribution < -0.4 is 5.32 Å². The van der Waals surface area contributed by atoms with Gasteiger partial charge in [-0.05, 0) is 25.5 Å². The average molecular weight is 310 g/mol. The monoisotopic (exact) mass is 310 g/mol. The minimum absolute atomic E-state index is 0.103. The second-order valence-electron chi connectivity index (χ2n) is 4.97. The van der Waals surface area contributed by atoms with Crippen LogP contribution in [0.5, 0.6) is 0 Å². The molecular formula is C14H19N2O4P. The fourth-order valence-corrected chi connectivity index (χ4v) is 5.56. The van der Waals surface area contributed by atoms with E-state index in [-0.39, 0.29) is 18.7 Å². The predicted octanol–water partition coefficient (Wildman–Crippen LogP) is 3.07. The van der Waals surface area contributed by atoms with Crippen molar-refractivity contribution in [3.8, 4) is 0 Å². The zero-order chi connectivity index (χ0) is 15.5. The van der Waals surface area contributed by atoms with Crippen LogP contribution in [0.3, 0.4) is 0 Å². The number of amides is 1. The SMILES string of the molecule is C=C[C@@H]1C[C@]1(NC(=O)O)P(=O)(Cc1ccccn1)OCC. The van der Waals surface area contributed by atoms with Crippen LogP contribution in [0.1, 0.15) is 19.0 Å². The first-order valence-electron chi connectivity index (χ1n) is 6.74. The van der Waals surface area contributed by atoms with Crippen molar-refractivity contribution in [1.82, 2.24) is 10.3 Å². The third-order valence-corrected chi connectivity index (χ3v) is 6.89. The normalized spacial score (nSPS) is 26.6. The molecule has 1 saturated carbocycles. The summed E-state index contributed by atoms with van der Waals surface area (Å²) in [6, 6.07) is 5.32. The molecule has 0 bridgehead atoms. The van der Waals surface area contributed by atoms with Crippen molar-refractivity contribution in [3.63, 3.8) is 0 Å². The summed E-state index contributed by atoms with van der Waals surface area (Å²) in [5.74, 6) is -0.185. The fraction of sp³-hybridized carbons (Fsp3) is 0.429. The summed E-state index contributed by atoms with van der Waals surface area (Å²) in [6.07, 6.45) is 2.57. The number of nitrogens with zero attached hydrogens (tertiary/aromatic N) is 1. The quantitative estimate of drug-likeness (QED) is 0.597. The lowest BCUT2D eigenvalue weighted by atomic mass is 10.4. The average Bonchev–Trinajstić information content (AvgIpc) is 3.14. The summed E-state index contributed by atoms with van der Waals surface area (Å²) in [5.41, 5.74) is 0.621. The van der Waals surface area contributed by atoms with Gasteiger partial charge in [0.05, 0.1) is 18.5 Å². The number of hydrogen-bond acceptors (Lipinski definition) is 4. The van der Waals surface area contributed by atoms with Gasteiger partial charge in [0.1, 0.15) is 5.28 Å². The molecule has 1 aromatic rings. The molecule has 2 rings (SSSR count). The highest BCUT2D eigenvalue weighted by Crippen LogP contribution is 2.73. The maximum Gasteiger partial charge on any atom is 0.405 e. The van der Waals surface area contributed by atoms with E-state index in [9.17, 15) is 9.36 Å². The van der Waals surface area contributed by atoms with E-state index in [0.29, 0.717) is 12.1 Å². The fourth-order valence-electron chi connectivity index (χ4n) is 2.58. The number of carbonyl (C=O) groups is 1. The second kappa shape index (κ2) is 6.00. The summed E-state index contributed by atoms with van der Waals surface area (Å²) >= 11 is 0. The Morgan fingerprint density at radius 1 is 1.71 bits per heavy atom. The zero-order valence-electron chi connectivity index (χ0n) is 11.9. The van der Waals surface area contributed by atoms with Gasteiger partial charge in [0.15, 0.2) is 0 Å². The molecule has 1 fully saturated rings.